The van der Waals surface area contributed by atoms with Crippen LogP contribution in [0.4, 0.5) is 0 Å². The van der Waals surface area contributed by atoms with Crippen molar-refractivity contribution in [2.24, 2.45) is 5.73 Å². The summed E-state index contributed by atoms with van der Waals surface area (Å²) in [4.78, 5) is 12.0. The van der Waals surface area contributed by atoms with Gasteiger partial charge in [-0.3, -0.25) is 4.79 Å². The topological polar surface area (TPSA) is 43.1 Å². The van der Waals surface area contributed by atoms with Crippen molar-refractivity contribution in [2.75, 3.05) is 0 Å². The van der Waals surface area contributed by atoms with E-state index in [2.05, 4.69) is 15.9 Å². The Kier molecular flexibility index (Phi) is 2.81. The highest BCUT2D eigenvalue weighted by atomic mass is 79.9. The molecule has 0 saturated carbocycles. The molecule has 2 N–H and O–H groups in total. The molecule has 1 rings (SSSR count). The lowest BCUT2D eigenvalue weighted by atomic mass is 10.2. The molecule has 1 unspecified atom stereocenters. The van der Waals surface area contributed by atoms with Crippen molar-refractivity contribution in [1.82, 2.24) is 0 Å². The lowest BCUT2D eigenvalue weighted by Gasteiger charge is -2.00. The summed E-state index contributed by atoms with van der Waals surface area (Å²) in [6.07, 6.45) is 0. The predicted octanol–water partition coefficient (Wildman–Crippen LogP) is 2.04. The molecule has 0 spiro atoms. The molecule has 60 valence electrons. The van der Waals surface area contributed by atoms with Crippen molar-refractivity contribution in [2.45, 2.75) is 13.0 Å². The van der Waals surface area contributed by atoms with Crippen LogP contribution in [0.3, 0.4) is 0 Å². The summed E-state index contributed by atoms with van der Waals surface area (Å²) in [6.45, 7) is 1.69. The Bertz CT molecular complexity index is 269. The van der Waals surface area contributed by atoms with E-state index >= 15 is 0 Å². The summed E-state index contributed by atoms with van der Waals surface area (Å²) in [5, 5.41) is 1.86. The first kappa shape index (κ1) is 8.90. The number of nitrogens with two attached hydrogens (primary N) is 1. The number of rotatable bonds is 2. The average Bonchev–Trinajstić information content (AvgIpc) is 2.33. The molecule has 0 aromatic carbocycles. The maximum absolute atomic E-state index is 11.3. The minimum Gasteiger partial charge on any atom is -0.321 e. The summed E-state index contributed by atoms with van der Waals surface area (Å²) in [5.74, 6) is -0.00752. The zero-order valence-electron chi connectivity index (χ0n) is 6.00. The molecule has 0 bridgehead atoms. The Labute approximate surface area is 77.5 Å². The highest BCUT2D eigenvalue weighted by Crippen LogP contribution is 2.23. The molecule has 1 aromatic heterocycles. The molecule has 0 saturated heterocycles. The number of carbonyl (C=O) groups is 1. The molecule has 11 heavy (non-hydrogen) atoms. The van der Waals surface area contributed by atoms with Gasteiger partial charge in [-0.25, -0.2) is 0 Å². The first-order chi connectivity index (χ1) is 5.13. The molecule has 1 atom stereocenters. The highest BCUT2D eigenvalue weighted by Gasteiger charge is 2.14. The van der Waals surface area contributed by atoms with E-state index in [1.54, 1.807) is 6.92 Å². The molecule has 1 aromatic rings. The third-order valence-electron chi connectivity index (χ3n) is 1.25. The Morgan fingerprint density at radius 1 is 1.82 bits per heavy atom. The van der Waals surface area contributed by atoms with Crippen molar-refractivity contribution in [3.8, 4) is 0 Å². The zero-order chi connectivity index (χ0) is 8.43. The molecular weight excluding hydrogens is 226 g/mol. The van der Waals surface area contributed by atoms with Crippen LogP contribution in [0.1, 0.15) is 16.6 Å². The van der Waals surface area contributed by atoms with E-state index in [9.17, 15) is 4.79 Å². The zero-order valence-corrected chi connectivity index (χ0v) is 8.41. The lowest BCUT2D eigenvalue weighted by molar-refractivity contribution is 0.0971. The number of hydrogen-bond donors (Lipinski definition) is 1. The molecule has 0 aliphatic heterocycles. The van der Waals surface area contributed by atoms with Crippen molar-refractivity contribution < 1.29 is 4.79 Å². The molecule has 4 heteroatoms. The standard InChI is InChI=1S/C7H8BrNOS/c1-4(9)6(10)7-5(8)2-3-11-7/h2-4H,9H2,1H3. The molecular formula is C7H8BrNOS. The first-order valence-corrected chi connectivity index (χ1v) is 4.83. The maximum Gasteiger partial charge on any atom is 0.190 e. The Morgan fingerprint density at radius 3 is 2.82 bits per heavy atom. The van der Waals surface area contributed by atoms with Crippen molar-refractivity contribution in [1.29, 1.82) is 0 Å². The third kappa shape index (κ3) is 1.89. The normalized spacial score (nSPS) is 13.0. The maximum atomic E-state index is 11.3. The smallest absolute Gasteiger partial charge is 0.190 e. The van der Waals surface area contributed by atoms with Crippen molar-refractivity contribution in [3.05, 3.63) is 20.8 Å². The van der Waals surface area contributed by atoms with Gasteiger partial charge in [-0.2, -0.15) is 0 Å². The monoisotopic (exact) mass is 233 g/mol. The van der Waals surface area contributed by atoms with Gasteiger partial charge in [-0.05, 0) is 34.3 Å². The molecule has 0 amide bonds. The first-order valence-electron chi connectivity index (χ1n) is 3.15. The molecule has 0 fully saturated rings. The summed E-state index contributed by atoms with van der Waals surface area (Å²) in [6, 6.07) is 1.44. The van der Waals surface area contributed by atoms with Gasteiger partial charge < -0.3 is 5.73 Å². The van der Waals surface area contributed by atoms with Crippen LogP contribution in [-0.2, 0) is 0 Å². The fraction of sp³-hybridized carbons (Fsp3) is 0.286. The molecule has 2 nitrogen and oxygen atoms in total. The Balaban J connectivity index is 2.93. The van der Waals surface area contributed by atoms with E-state index in [1.165, 1.54) is 11.3 Å². The Morgan fingerprint density at radius 2 is 2.45 bits per heavy atom. The summed E-state index contributed by atoms with van der Waals surface area (Å²) >= 11 is 4.68. The van der Waals surface area contributed by atoms with E-state index in [4.69, 9.17) is 5.73 Å². The lowest BCUT2D eigenvalue weighted by Crippen LogP contribution is -2.26. The van der Waals surface area contributed by atoms with Crippen LogP contribution >= 0.6 is 27.3 Å². The van der Waals surface area contributed by atoms with Crippen LogP contribution in [-0.4, -0.2) is 11.8 Å². The average molecular weight is 234 g/mol. The number of hydrogen-bond acceptors (Lipinski definition) is 3. The van der Waals surface area contributed by atoms with E-state index in [1.807, 2.05) is 11.4 Å². The van der Waals surface area contributed by atoms with E-state index in [-0.39, 0.29) is 5.78 Å². The van der Waals surface area contributed by atoms with Gasteiger partial charge in [-0.1, -0.05) is 0 Å². The fourth-order valence-electron chi connectivity index (χ4n) is 0.676. The van der Waals surface area contributed by atoms with Gasteiger partial charge in [0.1, 0.15) is 0 Å². The number of Topliss-reactive ketones (excluding diaryl/α,β-unsaturated/α-hetero) is 1. The Hall–Kier alpha value is -0.190. The van der Waals surface area contributed by atoms with Gasteiger partial charge in [0.15, 0.2) is 5.78 Å². The van der Waals surface area contributed by atoms with Gasteiger partial charge in [0.25, 0.3) is 0 Å². The number of halogens is 1. The van der Waals surface area contributed by atoms with Crippen LogP contribution in [0, 0.1) is 0 Å². The summed E-state index contributed by atoms with van der Waals surface area (Å²) in [5.41, 5.74) is 5.43. The minimum atomic E-state index is -0.412. The number of carbonyl (C=O) groups excluding carboxylic acids is 1. The van der Waals surface area contributed by atoms with Gasteiger partial charge in [0.05, 0.1) is 10.9 Å². The summed E-state index contributed by atoms with van der Waals surface area (Å²) in [7, 11) is 0. The van der Waals surface area contributed by atoms with Crippen LogP contribution in [0.15, 0.2) is 15.9 Å². The van der Waals surface area contributed by atoms with Gasteiger partial charge >= 0.3 is 0 Å². The highest BCUT2D eigenvalue weighted by molar-refractivity contribution is 9.10. The number of thiophene rings is 1. The van der Waals surface area contributed by atoms with Crippen LogP contribution < -0.4 is 5.73 Å². The summed E-state index contributed by atoms with van der Waals surface area (Å²) < 4.78 is 0.838. The molecule has 0 aliphatic carbocycles. The van der Waals surface area contributed by atoms with Gasteiger partial charge in [0, 0.05) is 4.47 Å². The van der Waals surface area contributed by atoms with Gasteiger partial charge in [-0.15, -0.1) is 11.3 Å². The third-order valence-corrected chi connectivity index (χ3v) is 3.11. The molecule has 0 aliphatic rings. The predicted molar refractivity (Wildman–Crippen MR) is 50.0 cm³/mol. The second-order valence-electron chi connectivity index (χ2n) is 2.25. The van der Waals surface area contributed by atoms with Crippen molar-refractivity contribution >= 4 is 33.0 Å². The van der Waals surface area contributed by atoms with E-state index in [0.29, 0.717) is 4.88 Å². The second-order valence-corrected chi connectivity index (χ2v) is 4.02. The van der Waals surface area contributed by atoms with Crippen molar-refractivity contribution in [3.63, 3.8) is 0 Å². The second kappa shape index (κ2) is 3.47. The molecule has 1 heterocycles. The van der Waals surface area contributed by atoms with E-state index in [0.717, 1.165) is 4.47 Å². The minimum absolute atomic E-state index is 0.00752. The van der Waals surface area contributed by atoms with Crippen LogP contribution in [0.5, 0.6) is 0 Å². The number of ketones is 1. The van der Waals surface area contributed by atoms with Crippen LogP contribution in [0.25, 0.3) is 0 Å². The van der Waals surface area contributed by atoms with Gasteiger partial charge in [0.2, 0.25) is 0 Å². The van der Waals surface area contributed by atoms with E-state index < -0.39 is 6.04 Å². The largest absolute Gasteiger partial charge is 0.321 e. The SMILES string of the molecule is CC(N)C(=O)c1sccc1Br. The molecule has 0 radical (unpaired) electrons. The van der Waals surface area contributed by atoms with Crippen LogP contribution in [0.2, 0.25) is 0 Å². The fourth-order valence-corrected chi connectivity index (χ4v) is 2.28. The quantitative estimate of drug-likeness (QED) is 0.795.